The van der Waals surface area contributed by atoms with Gasteiger partial charge in [0.05, 0.1) is 14.7 Å². The molecule has 0 fully saturated rings. The van der Waals surface area contributed by atoms with Gasteiger partial charge in [0, 0.05) is 29.2 Å². The third-order valence-corrected chi connectivity index (χ3v) is 6.32. The molecular formula is C13H11N3O6S2. The standard InChI is InChI=1S/C13H11N3O6S2/c1-23(12-6-2-10(3-7-12)15(17)18)14-24(21,22)13-8-4-11(5-9-13)16(19)20/h2-9,14H,1H2. The van der Waals surface area contributed by atoms with Crippen molar-refractivity contribution >= 4 is 37.9 Å². The summed E-state index contributed by atoms with van der Waals surface area (Å²) in [4.78, 5) is 20.3. The minimum atomic E-state index is -3.93. The van der Waals surface area contributed by atoms with Crippen LogP contribution in [0.5, 0.6) is 0 Å². The summed E-state index contributed by atoms with van der Waals surface area (Å²) >= 11 is 0. The van der Waals surface area contributed by atoms with E-state index >= 15 is 0 Å². The quantitative estimate of drug-likeness (QED) is 0.472. The summed E-state index contributed by atoms with van der Waals surface area (Å²) in [6.07, 6.45) is 0. The number of hydrogen-bond acceptors (Lipinski definition) is 6. The zero-order valence-corrected chi connectivity index (χ0v) is 13.6. The summed E-state index contributed by atoms with van der Waals surface area (Å²) in [5.74, 6) is 3.70. The van der Waals surface area contributed by atoms with Crippen LogP contribution in [-0.4, -0.2) is 24.1 Å². The molecule has 11 heteroatoms. The maximum absolute atomic E-state index is 12.2. The van der Waals surface area contributed by atoms with Gasteiger partial charge in [-0.25, -0.2) is 8.42 Å². The minimum absolute atomic E-state index is 0.117. The van der Waals surface area contributed by atoms with Crippen LogP contribution in [0.3, 0.4) is 0 Å². The molecule has 0 aliphatic heterocycles. The average Bonchev–Trinajstić information content (AvgIpc) is 2.54. The number of nitro benzene ring substituents is 2. The number of sulfonamides is 1. The molecule has 2 rings (SSSR count). The zero-order chi connectivity index (χ0) is 17.9. The van der Waals surface area contributed by atoms with Gasteiger partial charge in [-0.15, -0.1) is 0 Å². The first-order valence-corrected chi connectivity index (χ1v) is 9.14. The van der Waals surface area contributed by atoms with Crippen LogP contribution < -0.4 is 4.13 Å². The van der Waals surface area contributed by atoms with Crippen LogP contribution in [0.4, 0.5) is 11.4 Å². The van der Waals surface area contributed by atoms with E-state index in [1.165, 1.54) is 24.3 Å². The number of rotatable bonds is 6. The number of benzene rings is 2. The van der Waals surface area contributed by atoms with Crippen molar-refractivity contribution < 1.29 is 18.3 Å². The van der Waals surface area contributed by atoms with E-state index in [0.29, 0.717) is 4.90 Å². The number of nitrogens with one attached hydrogen (secondary N) is 1. The van der Waals surface area contributed by atoms with Gasteiger partial charge >= 0.3 is 0 Å². The Morgan fingerprint density at radius 1 is 0.875 bits per heavy atom. The molecule has 2 aromatic rings. The van der Waals surface area contributed by atoms with E-state index in [2.05, 4.69) is 10.00 Å². The van der Waals surface area contributed by atoms with Crippen LogP contribution in [0, 0.1) is 20.2 Å². The fourth-order valence-electron chi connectivity index (χ4n) is 1.71. The fraction of sp³-hybridized carbons (Fsp3) is 0. The Morgan fingerprint density at radius 2 is 1.29 bits per heavy atom. The topological polar surface area (TPSA) is 132 Å². The van der Waals surface area contributed by atoms with Crippen LogP contribution in [0.2, 0.25) is 0 Å². The summed E-state index contributed by atoms with van der Waals surface area (Å²) in [7, 11) is -5.12. The molecule has 1 N–H and O–H groups in total. The van der Waals surface area contributed by atoms with Gasteiger partial charge in [0.25, 0.3) is 11.4 Å². The Hall–Kier alpha value is -2.63. The molecule has 0 radical (unpaired) electrons. The summed E-state index contributed by atoms with van der Waals surface area (Å²) < 4.78 is 26.8. The number of nitro groups is 2. The molecule has 0 spiro atoms. The van der Waals surface area contributed by atoms with Crippen LogP contribution in [0.25, 0.3) is 0 Å². The highest BCUT2D eigenvalue weighted by Crippen LogP contribution is 2.26. The lowest BCUT2D eigenvalue weighted by atomic mass is 10.3. The van der Waals surface area contributed by atoms with E-state index in [9.17, 15) is 28.6 Å². The van der Waals surface area contributed by atoms with Crippen molar-refractivity contribution in [2.75, 3.05) is 0 Å². The van der Waals surface area contributed by atoms with Crippen molar-refractivity contribution in [3.63, 3.8) is 0 Å². The van der Waals surface area contributed by atoms with Crippen molar-refractivity contribution in [2.24, 2.45) is 0 Å². The maximum atomic E-state index is 12.2. The normalized spacial score (nSPS) is 12.5. The maximum Gasteiger partial charge on any atom is 0.269 e. The van der Waals surface area contributed by atoms with Gasteiger partial charge < -0.3 is 0 Å². The van der Waals surface area contributed by atoms with Gasteiger partial charge in [-0.3, -0.25) is 20.2 Å². The lowest BCUT2D eigenvalue weighted by Gasteiger charge is -2.10. The number of nitrogens with zero attached hydrogens (tertiary/aromatic N) is 2. The highest BCUT2D eigenvalue weighted by atomic mass is 32.3. The molecular weight excluding hydrogens is 358 g/mol. The van der Waals surface area contributed by atoms with Gasteiger partial charge in [0.2, 0.25) is 10.0 Å². The molecule has 0 heterocycles. The van der Waals surface area contributed by atoms with E-state index in [0.717, 1.165) is 24.3 Å². The highest BCUT2D eigenvalue weighted by Gasteiger charge is 2.17. The fourth-order valence-corrected chi connectivity index (χ4v) is 4.50. The smallest absolute Gasteiger partial charge is 0.258 e. The average molecular weight is 369 g/mol. The number of hydrogen-bond donors (Lipinski definition) is 1. The van der Waals surface area contributed by atoms with Crippen molar-refractivity contribution in [1.82, 2.24) is 4.13 Å². The Kier molecular flexibility index (Phi) is 5.07. The van der Waals surface area contributed by atoms with Crippen molar-refractivity contribution in [3.8, 4) is 0 Å². The minimum Gasteiger partial charge on any atom is -0.258 e. The number of non-ortho nitro benzene ring substituents is 2. The second-order valence-corrected chi connectivity index (χ2v) is 7.88. The highest BCUT2D eigenvalue weighted by molar-refractivity contribution is 8.19. The van der Waals surface area contributed by atoms with E-state index in [4.69, 9.17) is 0 Å². The largest absolute Gasteiger partial charge is 0.269 e. The molecule has 1 unspecified atom stereocenters. The van der Waals surface area contributed by atoms with Gasteiger partial charge in [0.1, 0.15) is 0 Å². The summed E-state index contributed by atoms with van der Waals surface area (Å²) in [5, 5.41) is 21.2. The molecule has 1 atom stereocenters. The molecule has 0 saturated carbocycles. The molecule has 0 aromatic heterocycles. The Morgan fingerprint density at radius 3 is 1.71 bits per heavy atom. The molecule has 0 aliphatic carbocycles. The third-order valence-electron chi connectivity index (χ3n) is 2.90. The first-order chi connectivity index (χ1) is 11.2. The summed E-state index contributed by atoms with van der Waals surface area (Å²) in [6, 6.07) is 9.73. The van der Waals surface area contributed by atoms with Crippen molar-refractivity contribution in [1.29, 1.82) is 0 Å². The Balaban J connectivity index is 2.20. The van der Waals surface area contributed by atoms with Crippen molar-refractivity contribution in [3.05, 3.63) is 68.8 Å². The van der Waals surface area contributed by atoms with E-state index in [1.807, 2.05) is 0 Å². The molecule has 2 aromatic carbocycles. The Bertz CT molecular complexity index is 908. The van der Waals surface area contributed by atoms with E-state index < -0.39 is 30.5 Å². The zero-order valence-electron chi connectivity index (χ0n) is 12.0. The molecule has 0 saturated heterocycles. The molecule has 0 aliphatic rings. The van der Waals surface area contributed by atoms with Crippen LogP contribution in [0.1, 0.15) is 0 Å². The van der Waals surface area contributed by atoms with Gasteiger partial charge in [-0.05, 0) is 24.3 Å². The van der Waals surface area contributed by atoms with Crippen LogP contribution in [0.15, 0.2) is 58.3 Å². The monoisotopic (exact) mass is 369 g/mol. The predicted octanol–water partition coefficient (Wildman–Crippen LogP) is 2.46. The summed E-state index contributed by atoms with van der Waals surface area (Å²) in [5.41, 5.74) is -0.341. The van der Waals surface area contributed by atoms with E-state index in [-0.39, 0.29) is 16.3 Å². The van der Waals surface area contributed by atoms with Crippen LogP contribution in [-0.2, 0) is 10.0 Å². The van der Waals surface area contributed by atoms with Crippen molar-refractivity contribution in [2.45, 2.75) is 9.79 Å². The Labute approximate surface area is 139 Å². The summed E-state index contributed by atoms with van der Waals surface area (Å²) in [6.45, 7) is 0. The second kappa shape index (κ2) is 6.86. The van der Waals surface area contributed by atoms with Gasteiger partial charge in [-0.1, -0.05) is 16.5 Å². The lowest BCUT2D eigenvalue weighted by molar-refractivity contribution is -0.385. The molecule has 9 nitrogen and oxygen atoms in total. The van der Waals surface area contributed by atoms with Crippen LogP contribution >= 0.6 is 10.7 Å². The van der Waals surface area contributed by atoms with Gasteiger partial charge in [-0.2, -0.15) is 4.13 Å². The third kappa shape index (κ3) is 4.01. The van der Waals surface area contributed by atoms with E-state index in [1.54, 1.807) is 0 Å². The predicted molar refractivity (Wildman–Crippen MR) is 89.5 cm³/mol. The lowest BCUT2D eigenvalue weighted by Crippen LogP contribution is -2.18. The SMILES string of the molecule is C=S(NS(=O)(=O)c1ccc([N+](=O)[O-])cc1)c1ccc([N+](=O)[O-])cc1. The second-order valence-electron chi connectivity index (χ2n) is 4.48. The first-order valence-electron chi connectivity index (χ1n) is 6.26. The molecule has 24 heavy (non-hydrogen) atoms. The molecule has 0 bridgehead atoms. The first kappa shape index (κ1) is 17.7. The van der Waals surface area contributed by atoms with Gasteiger partial charge in [0.15, 0.2) is 0 Å². The molecule has 126 valence electrons. The molecule has 0 amide bonds.